The van der Waals surface area contributed by atoms with Crippen molar-refractivity contribution in [1.29, 1.82) is 0 Å². The van der Waals surface area contributed by atoms with Crippen LogP contribution in [0.15, 0.2) is 6.07 Å². The van der Waals surface area contributed by atoms with Crippen molar-refractivity contribution in [1.82, 2.24) is 9.88 Å². The van der Waals surface area contributed by atoms with Crippen LogP contribution >= 0.6 is 0 Å². The van der Waals surface area contributed by atoms with Crippen LogP contribution in [0.25, 0.3) is 0 Å². The third-order valence-corrected chi connectivity index (χ3v) is 4.91. The van der Waals surface area contributed by atoms with E-state index in [0.717, 1.165) is 19.0 Å². The van der Waals surface area contributed by atoms with Gasteiger partial charge in [0, 0.05) is 30.5 Å². The van der Waals surface area contributed by atoms with Crippen LogP contribution in [0.3, 0.4) is 0 Å². The summed E-state index contributed by atoms with van der Waals surface area (Å²) in [4.78, 5) is 0. The maximum Gasteiger partial charge on any atom is 0.0226 e. The van der Waals surface area contributed by atoms with Crippen molar-refractivity contribution in [2.24, 2.45) is 5.92 Å². The summed E-state index contributed by atoms with van der Waals surface area (Å²) < 4.78 is 2.41. The molecule has 0 aromatic carbocycles. The number of nitrogens with zero attached hydrogens (tertiary/aromatic N) is 1. The molecule has 1 fully saturated rings. The van der Waals surface area contributed by atoms with Gasteiger partial charge >= 0.3 is 0 Å². The predicted molar refractivity (Wildman–Crippen MR) is 82.5 cm³/mol. The van der Waals surface area contributed by atoms with E-state index in [1.165, 1.54) is 49.1 Å². The minimum atomic E-state index is 0.715. The van der Waals surface area contributed by atoms with Gasteiger partial charge in [-0.15, -0.1) is 0 Å². The zero-order chi connectivity index (χ0) is 13.8. The SMILES string of the molecule is CCn1c(C)cc(CNC2CCCCCC2C)c1C. The van der Waals surface area contributed by atoms with E-state index in [2.05, 4.69) is 43.6 Å². The van der Waals surface area contributed by atoms with Crippen molar-refractivity contribution in [3.05, 3.63) is 23.0 Å². The van der Waals surface area contributed by atoms with E-state index in [0.29, 0.717) is 6.04 Å². The largest absolute Gasteiger partial charge is 0.349 e. The van der Waals surface area contributed by atoms with Crippen molar-refractivity contribution < 1.29 is 0 Å². The molecule has 1 aromatic rings. The lowest BCUT2D eigenvalue weighted by Crippen LogP contribution is -2.33. The summed E-state index contributed by atoms with van der Waals surface area (Å²) >= 11 is 0. The van der Waals surface area contributed by atoms with Gasteiger partial charge < -0.3 is 9.88 Å². The molecule has 2 heteroatoms. The average Bonchev–Trinajstić information content (AvgIpc) is 2.54. The highest BCUT2D eigenvalue weighted by molar-refractivity contribution is 5.26. The first-order valence-corrected chi connectivity index (χ1v) is 8.02. The van der Waals surface area contributed by atoms with Crippen LogP contribution in [0.1, 0.15) is 62.9 Å². The summed E-state index contributed by atoms with van der Waals surface area (Å²) in [6.07, 6.45) is 6.99. The third kappa shape index (κ3) is 3.42. The quantitative estimate of drug-likeness (QED) is 0.805. The van der Waals surface area contributed by atoms with E-state index >= 15 is 0 Å². The molecule has 0 spiro atoms. The van der Waals surface area contributed by atoms with E-state index in [-0.39, 0.29) is 0 Å². The number of hydrogen-bond donors (Lipinski definition) is 1. The number of aryl methyl sites for hydroxylation is 1. The Kier molecular flexibility index (Phi) is 5.09. The van der Waals surface area contributed by atoms with Gasteiger partial charge in [0.15, 0.2) is 0 Å². The van der Waals surface area contributed by atoms with Crippen molar-refractivity contribution in [3.8, 4) is 0 Å². The van der Waals surface area contributed by atoms with Crippen LogP contribution in [0.2, 0.25) is 0 Å². The Hall–Kier alpha value is -0.760. The fraction of sp³-hybridized carbons (Fsp3) is 0.765. The molecule has 0 bridgehead atoms. The van der Waals surface area contributed by atoms with Gasteiger partial charge in [-0.05, 0) is 51.2 Å². The molecule has 19 heavy (non-hydrogen) atoms. The molecule has 2 rings (SSSR count). The van der Waals surface area contributed by atoms with Gasteiger partial charge in [0.1, 0.15) is 0 Å². The van der Waals surface area contributed by atoms with Crippen LogP contribution in [-0.4, -0.2) is 10.6 Å². The molecule has 1 saturated carbocycles. The molecule has 2 atom stereocenters. The standard InChI is InChI=1S/C17H30N2/c1-5-19-14(3)11-16(15(19)4)12-18-17-10-8-6-7-9-13(17)2/h11,13,17-18H,5-10,12H2,1-4H3. The summed E-state index contributed by atoms with van der Waals surface area (Å²) in [6.45, 7) is 11.2. The number of hydrogen-bond acceptors (Lipinski definition) is 1. The fourth-order valence-electron chi connectivity index (χ4n) is 3.58. The third-order valence-electron chi connectivity index (χ3n) is 4.91. The van der Waals surface area contributed by atoms with Crippen molar-refractivity contribution >= 4 is 0 Å². The maximum atomic E-state index is 3.82. The molecule has 1 heterocycles. The lowest BCUT2D eigenvalue weighted by Gasteiger charge is -2.23. The van der Waals surface area contributed by atoms with Crippen molar-refractivity contribution in [3.63, 3.8) is 0 Å². The Morgan fingerprint density at radius 2 is 1.95 bits per heavy atom. The molecule has 0 aliphatic heterocycles. The van der Waals surface area contributed by atoms with Gasteiger partial charge in [0.25, 0.3) is 0 Å². The van der Waals surface area contributed by atoms with Crippen LogP contribution < -0.4 is 5.32 Å². The van der Waals surface area contributed by atoms with E-state index < -0.39 is 0 Å². The molecular formula is C17H30N2. The summed E-state index contributed by atoms with van der Waals surface area (Å²) in [5.74, 6) is 0.831. The first-order chi connectivity index (χ1) is 9.13. The monoisotopic (exact) mass is 262 g/mol. The van der Waals surface area contributed by atoms with Crippen LogP contribution in [-0.2, 0) is 13.1 Å². The molecule has 2 unspecified atom stereocenters. The lowest BCUT2D eigenvalue weighted by molar-refractivity contribution is 0.355. The average molecular weight is 262 g/mol. The summed E-state index contributed by atoms with van der Waals surface area (Å²) in [5.41, 5.74) is 4.32. The summed E-state index contributed by atoms with van der Waals surface area (Å²) in [5, 5.41) is 3.82. The molecule has 108 valence electrons. The minimum Gasteiger partial charge on any atom is -0.349 e. The number of rotatable bonds is 4. The van der Waals surface area contributed by atoms with Crippen LogP contribution in [0.5, 0.6) is 0 Å². The van der Waals surface area contributed by atoms with Gasteiger partial charge in [-0.2, -0.15) is 0 Å². The molecular weight excluding hydrogens is 232 g/mol. The zero-order valence-corrected chi connectivity index (χ0v) is 13.1. The molecule has 1 aliphatic rings. The Morgan fingerprint density at radius 3 is 2.63 bits per heavy atom. The Balaban J connectivity index is 1.98. The first kappa shape index (κ1) is 14.6. The molecule has 2 nitrogen and oxygen atoms in total. The predicted octanol–water partition coefficient (Wildman–Crippen LogP) is 4.18. The highest BCUT2D eigenvalue weighted by atomic mass is 15.0. The van der Waals surface area contributed by atoms with Crippen molar-refractivity contribution in [2.45, 2.75) is 78.9 Å². The Morgan fingerprint density at radius 1 is 1.21 bits per heavy atom. The maximum absolute atomic E-state index is 3.82. The Labute approximate surface area is 118 Å². The topological polar surface area (TPSA) is 17.0 Å². The first-order valence-electron chi connectivity index (χ1n) is 8.02. The molecule has 1 aromatic heterocycles. The van der Waals surface area contributed by atoms with E-state index in [1.54, 1.807) is 0 Å². The normalized spacial score (nSPS) is 24.4. The fourth-order valence-corrected chi connectivity index (χ4v) is 3.58. The zero-order valence-electron chi connectivity index (χ0n) is 13.1. The highest BCUT2D eigenvalue weighted by Gasteiger charge is 2.19. The summed E-state index contributed by atoms with van der Waals surface area (Å²) in [7, 11) is 0. The molecule has 1 N–H and O–H groups in total. The van der Waals surface area contributed by atoms with E-state index in [4.69, 9.17) is 0 Å². The summed E-state index contributed by atoms with van der Waals surface area (Å²) in [6, 6.07) is 3.07. The lowest BCUT2D eigenvalue weighted by atomic mass is 9.97. The highest BCUT2D eigenvalue weighted by Crippen LogP contribution is 2.24. The minimum absolute atomic E-state index is 0.715. The number of aromatic nitrogens is 1. The smallest absolute Gasteiger partial charge is 0.0226 e. The molecule has 0 radical (unpaired) electrons. The van der Waals surface area contributed by atoms with E-state index in [9.17, 15) is 0 Å². The van der Waals surface area contributed by atoms with Gasteiger partial charge in [-0.3, -0.25) is 0 Å². The Bertz CT molecular complexity index is 406. The number of nitrogens with one attached hydrogen (secondary N) is 1. The molecule has 1 aliphatic carbocycles. The van der Waals surface area contributed by atoms with Gasteiger partial charge in [-0.25, -0.2) is 0 Å². The van der Waals surface area contributed by atoms with E-state index in [1.807, 2.05) is 0 Å². The van der Waals surface area contributed by atoms with Crippen molar-refractivity contribution in [2.75, 3.05) is 0 Å². The molecule has 0 saturated heterocycles. The van der Waals surface area contributed by atoms with Crippen LogP contribution in [0.4, 0.5) is 0 Å². The second kappa shape index (κ2) is 6.60. The van der Waals surface area contributed by atoms with Gasteiger partial charge in [-0.1, -0.05) is 26.2 Å². The van der Waals surface area contributed by atoms with Gasteiger partial charge in [0.2, 0.25) is 0 Å². The van der Waals surface area contributed by atoms with Crippen LogP contribution in [0, 0.1) is 19.8 Å². The van der Waals surface area contributed by atoms with Gasteiger partial charge in [0.05, 0.1) is 0 Å². The second-order valence-electron chi connectivity index (χ2n) is 6.24. The second-order valence-corrected chi connectivity index (χ2v) is 6.24. The molecule has 0 amide bonds.